The minimum absolute atomic E-state index is 0.243. The molecule has 1 aromatic carbocycles. The van der Waals surface area contributed by atoms with Gasteiger partial charge in [0.05, 0.1) is 7.11 Å². The van der Waals surface area contributed by atoms with Crippen LogP contribution in [0.5, 0.6) is 5.75 Å². The number of ketones is 1. The summed E-state index contributed by atoms with van der Waals surface area (Å²) in [4.78, 5) is 14.8. The lowest BCUT2D eigenvalue weighted by Gasteiger charge is -2.24. The number of benzene rings is 1. The van der Waals surface area contributed by atoms with Gasteiger partial charge in [0.2, 0.25) is 0 Å². The van der Waals surface area contributed by atoms with Crippen molar-refractivity contribution in [2.45, 2.75) is 32.1 Å². The normalized spacial score (nSPS) is 25.6. The SMILES string of the molecule is COc1ccc(C(=O)CCN2CCC3CCC(C3)C2)cc1. The Morgan fingerprint density at radius 2 is 1.95 bits per heavy atom. The molecule has 0 N–H and O–H groups in total. The van der Waals surface area contributed by atoms with E-state index in [1.165, 1.54) is 38.8 Å². The van der Waals surface area contributed by atoms with Crippen LogP contribution in [0.3, 0.4) is 0 Å². The Labute approximate surface area is 127 Å². The van der Waals surface area contributed by atoms with Crippen LogP contribution in [0.15, 0.2) is 24.3 Å². The minimum Gasteiger partial charge on any atom is -0.497 e. The van der Waals surface area contributed by atoms with Crippen LogP contribution in [-0.4, -0.2) is 37.4 Å². The number of carbonyl (C=O) groups is 1. The van der Waals surface area contributed by atoms with Gasteiger partial charge in [-0.3, -0.25) is 4.79 Å². The van der Waals surface area contributed by atoms with E-state index in [1.54, 1.807) is 7.11 Å². The molecule has 0 spiro atoms. The lowest BCUT2D eigenvalue weighted by molar-refractivity contribution is 0.0960. The lowest BCUT2D eigenvalue weighted by atomic mass is 10.0. The molecule has 1 aliphatic heterocycles. The second kappa shape index (κ2) is 6.61. The Morgan fingerprint density at radius 1 is 1.19 bits per heavy atom. The first kappa shape index (κ1) is 14.6. The van der Waals surface area contributed by atoms with Crippen LogP contribution in [0.2, 0.25) is 0 Å². The fourth-order valence-corrected chi connectivity index (χ4v) is 3.81. The highest BCUT2D eigenvalue weighted by Gasteiger charge is 2.29. The van der Waals surface area contributed by atoms with Gasteiger partial charge in [-0.15, -0.1) is 0 Å². The Balaban J connectivity index is 1.50. The highest BCUT2D eigenvalue weighted by Crippen LogP contribution is 2.36. The number of ether oxygens (including phenoxy) is 1. The van der Waals surface area contributed by atoms with E-state index in [4.69, 9.17) is 4.74 Å². The Kier molecular flexibility index (Phi) is 4.59. The molecule has 1 saturated heterocycles. The van der Waals surface area contributed by atoms with Gasteiger partial charge in [-0.05, 0) is 61.9 Å². The zero-order chi connectivity index (χ0) is 14.7. The predicted molar refractivity (Wildman–Crippen MR) is 83.8 cm³/mol. The van der Waals surface area contributed by atoms with Crippen LogP contribution >= 0.6 is 0 Å². The number of hydrogen-bond donors (Lipinski definition) is 0. The van der Waals surface area contributed by atoms with Gasteiger partial charge < -0.3 is 9.64 Å². The molecule has 1 heterocycles. The van der Waals surface area contributed by atoms with E-state index in [1.807, 2.05) is 24.3 Å². The van der Waals surface area contributed by atoms with Crippen molar-refractivity contribution in [3.63, 3.8) is 0 Å². The first-order valence-corrected chi connectivity index (χ1v) is 8.14. The van der Waals surface area contributed by atoms with E-state index in [2.05, 4.69) is 4.90 Å². The quantitative estimate of drug-likeness (QED) is 0.777. The molecular formula is C18H25NO2. The molecule has 2 fully saturated rings. The van der Waals surface area contributed by atoms with Gasteiger partial charge in [0.25, 0.3) is 0 Å². The molecular weight excluding hydrogens is 262 g/mol. The van der Waals surface area contributed by atoms with Crippen molar-refractivity contribution in [2.24, 2.45) is 11.8 Å². The minimum atomic E-state index is 0.243. The molecule has 1 saturated carbocycles. The van der Waals surface area contributed by atoms with Crippen molar-refractivity contribution >= 4 is 5.78 Å². The number of rotatable bonds is 5. The summed E-state index contributed by atoms with van der Waals surface area (Å²) in [5.74, 6) is 2.88. The number of likely N-dealkylation sites (tertiary alicyclic amines) is 1. The number of methoxy groups -OCH3 is 1. The Morgan fingerprint density at radius 3 is 2.71 bits per heavy atom. The number of Topliss-reactive ketones (excluding diaryl/α,β-unsaturated/α-hetero) is 1. The van der Waals surface area contributed by atoms with Gasteiger partial charge in [0.1, 0.15) is 5.75 Å². The highest BCUT2D eigenvalue weighted by atomic mass is 16.5. The molecule has 2 unspecified atom stereocenters. The monoisotopic (exact) mass is 287 g/mol. The van der Waals surface area contributed by atoms with E-state index in [0.29, 0.717) is 6.42 Å². The van der Waals surface area contributed by atoms with Crippen LogP contribution in [0.4, 0.5) is 0 Å². The zero-order valence-corrected chi connectivity index (χ0v) is 12.9. The summed E-state index contributed by atoms with van der Waals surface area (Å²) in [6.07, 6.45) is 6.21. The van der Waals surface area contributed by atoms with E-state index >= 15 is 0 Å². The molecule has 1 aliphatic carbocycles. The molecule has 1 aromatic rings. The number of carbonyl (C=O) groups excluding carboxylic acids is 1. The summed E-state index contributed by atoms with van der Waals surface area (Å²) in [5.41, 5.74) is 0.798. The lowest BCUT2D eigenvalue weighted by Crippen LogP contribution is -2.31. The summed E-state index contributed by atoms with van der Waals surface area (Å²) >= 11 is 0. The first-order chi connectivity index (χ1) is 10.2. The maximum absolute atomic E-state index is 12.3. The molecule has 0 radical (unpaired) electrons. The van der Waals surface area contributed by atoms with Crippen molar-refractivity contribution in [2.75, 3.05) is 26.7 Å². The van der Waals surface area contributed by atoms with Gasteiger partial charge in [-0.25, -0.2) is 0 Å². The summed E-state index contributed by atoms with van der Waals surface area (Å²) in [6, 6.07) is 7.45. The second-order valence-corrected chi connectivity index (χ2v) is 6.54. The van der Waals surface area contributed by atoms with E-state index in [0.717, 1.165) is 29.7 Å². The third kappa shape index (κ3) is 3.65. The van der Waals surface area contributed by atoms with Crippen molar-refractivity contribution in [1.82, 2.24) is 4.90 Å². The van der Waals surface area contributed by atoms with E-state index < -0.39 is 0 Å². The van der Waals surface area contributed by atoms with Crippen LogP contribution < -0.4 is 4.74 Å². The third-order valence-corrected chi connectivity index (χ3v) is 5.09. The van der Waals surface area contributed by atoms with Crippen LogP contribution in [0.25, 0.3) is 0 Å². The molecule has 0 aromatic heterocycles. The van der Waals surface area contributed by atoms with Crippen LogP contribution in [0.1, 0.15) is 42.5 Å². The molecule has 0 amide bonds. The zero-order valence-electron chi connectivity index (χ0n) is 12.9. The fourth-order valence-electron chi connectivity index (χ4n) is 3.81. The third-order valence-electron chi connectivity index (χ3n) is 5.09. The number of hydrogen-bond acceptors (Lipinski definition) is 3. The second-order valence-electron chi connectivity index (χ2n) is 6.54. The molecule has 2 bridgehead atoms. The molecule has 114 valence electrons. The van der Waals surface area contributed by atoms with Crippen molar-refractivity contribution < 1.29 is 9.53 Å². The average Bonchev–Trinajstić information content (AvgIpc) is 2.85. The summed E-state index contributed by atoms with van der Waals surface area (Å²) < 4.78 is 5.13. The molecule has 2 atom stereocenters. The van der Waals surface area contributed by atoms with Crippen molar-refractivity contribution in [3.8, 4) is 5.75 Å². The summed E-state index contributed by atoms with van der Waals surface area (Å²) in [6.45, 7) is 3.29. The van der Waals surface area contributed by atoms with Gasteiger partial charge in [-0.1, -0.05) is 6.42 Å². The molecule has 3 nitrogen and oxygen atoms in total. The largest absolute Gasteiger partial charge is 0.497 e. The van der Waals surface area contributed by atoms with Gasteiger partial charge in [0.15, 0.2) is 5.78 Å². The van der Waals surface area contributed by atoms with Gasteiger partial charge in [-0.2, -0.15) is 0 Å². The van der Waals surface area contributed by atoms with Gasteiger partial charge in [0, 0.05) is 25.1 Å². The number of fused-ring (bicyclic) bond motifs is 2. The number of nitrogens with zero attached hydrogens (tertiary/aromatic N) is 1. The van der Waals surface area contributed by atoms with Crippen molar-refractivity contribution in [3.05, 3.63) is 29.8 Å². The standard InChI is InChI=1S/C18H25NO2/c1-21-17-6-4-16(5-7-17)18(20)9-11-19-10-8-14-2-3-15(12-14)13-19/h4-7,14-15H,2-3,8-13H2,1H3. The molecule has 3 rings (SSSR count). The predicted octanol–water partition coefficient (Wildman–Crippen LogP) is 3.39. The van der Waals surface area contributed by atoms with E-state index in [-0.39, 0.29) is 5.78 Å². The van der Waals surface area contributed by atoms with Crippen molar-refractivity contribution in [1.29, 1.82) is 0 Å². The van der Waals surface area contributed by atoms with Gasteiger partial charge >= 0.3 is 0 Å². The maximum Gasteiger partial charge on any atom is 0.164 e. The fraction of sp³-hybridized carbons (Fsp3) is 0.611. The highest BCUT2D eigenvalue weighted by molar-refractivity contribution is 5.96. The maximum atomic E-state index is 12.3. The van der Waals surface area contributed by atoms with E-state index in [9.17, 15) is 4.79 Å². The molecule has 21 heavy (non-hydrogen) atoms. The van der Waals surface area contributed by atoms with Crippen LogP contribution in [-0.2, 0) is 0 Å². The molecule has 3 heteroatoms. The topological polar surface area (TPSA) is 29.5 Å². The summed E-state index contributed by atoms with van der Waals surface area (Å²) in [7, 11) is 1.64. The smallest absolute Gasteiger partial charge is 0.164 e. The first-order valence-electron chi connectivity index (χ1n) is 8.14. The Bertz CT molecular complexity index is 482. The van der Waals surface area contributed by atoms with Crippen LogP contribution in [0, 0.1) is 11.8 Å². The molecule has 2 aliphatic rings. The summed E-state index contributed by atoms with van der Waals surface area (Å²) in [5, 5.41) is 0. The Hall–Kier alpha value is -1.35. The average molecular weight is 287 g/mol.